The number of methoxy groups -OCH3 is 1. The molecular weight excluding hydrogens is 366 g/mol. The third-order valence-corrected chi connectivity index (χ3v) is 5.81. The van der Waals surface area contributed by atoms with E-state index >= 15 is 0 Å². The van der Waals surface area contributed by atoms with Gasteiger partial charge in [0.15, 0.2) is 0 Å². The summed E-state index contributed by atoms with van der Waals surface area (Å²) in [5, 5.41) is 0.705. The second kappa shape index (κ2) is 7.62. The average molecular weight is 391 g/mol. The normalized spacial score (nSPS) is 14.3. The van der Waals surface area contributed by atoms with Crippen LogP contribution in [0.25, 0.3) is 10.9 Å². The van der Waals surface area contributed by atoms with Gasteiger partial charge in [-0.25, -0.2) is 0 Å². The van der Waals surface area contributed by atoms with Crippen molar-refractivity contribution in [3.63, 3.8) is 0 Å². The minimum atomic E-state index is -0.482. The number of fused-ring (bicyclic) bond motifs is 1. The number of carbonyl (C=O) groups is 2. The van der Waals surface area contributed by atoms with Crippen molar-refractivity contribution in [3.8, 4) is 5.75 Å². The minimum Gasteiger partial charge on any atom is -0.497 e. The Labute approximate surface area is 170 Å². The van der Waals surface area contributed by atoms with E-state index in [-0.39, 0.29) is 0 Å². The molecule has 150 valence electrons. The minimum absolute atomic E-state index is 0.390. The number of H-pyrrole nitrogens is 1. The lowest BCUT2D eigenvalue weighted by Gasteiger charge is -2.36. The van der Waals surface area contributed by atoms with Crippen molar-refractivity contribution in [3.05, 3.63) is 59.3 Å². The number of ether oxygens (including phenoxy) is 1. The summed E-state index contributed by atoms with van der Waals surface area (Å²) in [5.74, 6) is -0.278. The van der Waals surface area contributed by atoms with E-state index in [1.807, 2.05) is 12.1 Å². The van der Waals surface area contributed by atoms with Crippen molar-refractivity contribution in [1.29, 1.82) is 0 Å². The molecule has 2 heterocycles. The smallest absolute Gasteiger partial charge is 0.295 e. The van der Waals surface area contributed by atoms with Crippen LogP contribution in [-0.2, 0) is 4.79 Å². The van der Waals surface area contributed by atoms with Gasteiger partial charge in [-0.2, -0.15) is 0 Å². The van der Waals surface area contributed by atoms with Gasteiger partial charge in [0.2, 0.25) is 0 Å². The van der Waals surface area contributed by atoms with Gasteiger partial charge in [-0.1, -0.05) is 12.1 Å². The number of amides is 1. The number of Topliss-reactive ketones (excluding diaryl/α,β-unsaturated/α-hetero) is 1. The predicted molar refractivity (Wildman–Crippen MR) is 114 cm³/mol. The van der Waals surface area contributed by atoms with Crippen LogP contribution in [0.3, 0.4) is 0 Å². The quantitative estimate of drug-likeness (QED) is 0.547. The van der Waals surface area contributed by atoms with Crippen LogP contribution in [-0.4, -0.2) is 54.9 Å². The summed E-state index contributed by atoms with van der Waals surface area (Å²) in [6.07, 6.45) is 1.61. The number of aromatic amines is 1. The molecule has 1 aliphatic rings. The van der Waals surface area contributed by atoms with Crippen molar-refractivity contribution in [2.45, 2.75) is 13.8 Å². The molecule has 0 atom stereocenters. The number of ketones is 1. The van der Waals surface area contributed by atoms with Gasteiger partial charge < -0.3 is 19.5 Å². The Hall–Kier alpha value is -3.28. The van der Waals surface area contributed by atoms with Gasteiger partial charge >= 0.3 is 0 Å². The van der Waals surface area contributed by atoms with Crippen molar-refractivity contribution < 1.29 is 14.3 Å². The van der Waals surface area contributed by atoms with E-state index < -0.39 is 11.7 Å². The lowest BCUT2D eigenvalue weighted by molar-refractivity contribution is -0.126. The molecule has 3 aromatic rings. The monoisotopic (exact) mass is 391 g/mol. The molecule has 0 aliphatic carbocycles. The number of aryl methyl sites for hydroxylation is 1. The number of nitrogens with zero attached hydrogens (tertiary/aromatic N) is 2. The fourth-order valence-electron chi connectivity index (χ4n) is 3.90. The standard InChI is InChI=1S/C23H25N3O3/c1-15-5-4-6-21(16(15)2)25-9-11-26(12-10-25)23(28)22(27)19-14-24-20-8-7-17(29-3)13-18(19)20/h4-8,13-14,24H,9-12H2,1-3H3. The van der Waals surface area contributed by atoms with Crippen LogP contribution in [0.5, 0.6) is 5.75 Å². The van der Waals surface area contributed by atoms with E-state index in [4.69, 9.17) is 4.74 Å². The maximum Gasteiger partial charge on any atom is 0.295 e. The van der Waals surface area contributed by atoms with E-state index in [0.29, 0.717) is 42.9 Å². The van der Waals surface area contributed by atoms with Gasteiger partial charge in [-0.3, -0.25) is 9.59 Å². The highest BCUT2D eigenvalue weighted by molar-refractivity contribution is 6.44. The highest BCUT2D eigenvalue weighted by Gasteiger charge is 2.29. The molecule has 4 rings (SSSR count). The van der Waals surface area contributed by atoms with Crippen molar-refractivity contribution in [1.82, 2.24) is 9.88 Å². The second-order valence-electron chi connectivity index (χ2n) is 7.44. The van der Waals surface area contributed by atoms with E-state index in [9.17, 15) is 9.59 Å². The fourth-order valence-corrected chi connectivity index (χ4v) is 3.90. The Bertz CT molecular complexity index is 1080. The van der Waals surface area contributed by atoms with Gasteiger partial charge in [0.05, 0.1) is 12.7 Å². The molecule has 1 fully saturated rings. The number of benzene rings is 2. The number of carbonyl (C=O) groups excluding carboxylic acids is 2. The maximum absolute atomic E-state index is 12.9. The van der Waals surface area contributed by atoms with Gasteiger partial charge in [0.25, 0.3) is 11.7 Å². The first-order chi connectivity index (χ1) is 14.0. The molecule has 0 radical (unpaired) electrons. The van der Waals surface area contributed by atoms with Crippen molar-refractivity contribution in [2.75, 3.05) is 38.2 Å². The number of piperazine rings is 1. The summed E-state index contributed by atoms with van der Waals surface area (Å²) < 4.78 is 5.25. The van der Waals surface area contributed by atoms with Crippen LogP contribution in [0.4, 0.5) is 5.69 Å². The average Bonchev–Trinajstić information content (AvgIpc) is 3.18. The number of nitrogens with one attached hydrogen (secondary N) is 1. The van der Waals surface area contributed by atoms with E-state index in [1.54, 1.807) is 24.3 Å². The zero-order chi connectivity index (χ0) is 20.5. The van der Waals surface area contributed by atoms with Crippen LogP contribution >= 0.6 is 0 Å². The summed E-state index contributed by atoms with van der Waals surface area (Å²) in [6, 6.07) is 11.7. The molecule has 1 aromatic heterocycles. The molecule has 29 heavy (non-hydrogen) atoms. The van der Waals surface area contributed by atoms with Crippen molar-refractivity contribution in [2.24, 2.45) is 0 Å². The first kappa shape index (κ1) is 19.1. The lowest BCUT2D eigenvalue weighted by atomic mass is 10.1. The summed E-state index contributed by atoms with van der Waals surface area (Å²) in [6.45, 7) is 6.72. The fraction of sp³-hybridized carbons (Fsp3) is 0.304. The van der Waals surface area contributed by atoms with Crippen molar-refractivity contribution >= 4 is 28.3 Å². The molecule has 0 bridgehead atoms. The predicted octanol–water partition coefficient (Wildman–Crippen LogP) is 3.32. The van der Waals surface area contributed by atoms with Gasteiger partial charge in [0, 0.05) is 49.0 Å². The number of anilines is 1. The summed E-state index contributed by atoms with van der Waals surface area (Å²) >= 11 is 0. The molecule has 1 aliphatic heterocycles. The first-order valence-electron chi connectivity index (χ1n) is 9.79. The molecule has 6 heteroatoms. The molecule has 1 saturated heterocycles. The van der Waals surface area contributed by atoms with Gasteiger partial charge in [0.1, 0.15) is 5.75 Å². The Morgan fingerprint density at radius 3 is 2.52 bits per heavy atom. The zero-order valence-corrected chi connectivity index (χ0v) is 17.0. The Balaban J connectivity index is 1.48. The van der Waals surface area contributed by atoms with Crippen LogP contribution < -0.4 is 9.64 Å². The molecule has 0 unspecified atom stereocenters. The Kier molecular flexibility index (Phi) is 5.01. The molecular formula is C23H25N3O3. The largest absolute Gasteiger partial charge is 0.497 e. The topological polar surface area (TPSA) is 65.6 Å². The Morgan fingerprint density at radius 2 is 1.79 bits per heavy atom. The summed E-state index contributed by atoms with van der Waals surface area (Å²) in [7, 11) is 1.58. The molecule has 2 aromatic carbocycles. The molecule has 0 saturated carbocycles. The zero-order valence-electron chi connectivity index (χ0n) is 17.0. The van der Waals surface area contributed by atoms with E-state index in [1.165, 1.54) is 16.8 Å². The van der Waals surface area contributed by atoms with E-state index in [2.05, 4.69) is 41.9 Å². The van der Waals surface area contributed by atoms with Gasteiger partial charge in [-0.05, 0) is 49.2 Å². The van der Waals surface area contributed by atoms with Crippen LogP contribution in [0.2, 0.25) is 0 Å². The highest BCUT2D eigenvalue weighted by Crippen LogP contribution is 2.26. The van der Waals surface area contributed by atoms with Crippen LogP contribution in [0.15, 0.2) is 42.6 Å². The highest BCUT2D eigenvalue weighted by atomic mass is 16.5. The third kappa shape index (κ3) is 3.46. The summed E-state index contributed by atoms with van der Waals surface area (Å²) in [4.78, 5) is 32.8. The van der Waals surface area contributed by atoms with E-state index in [0.717, 1.165) is 5.52 Å². The van der Waals surface area contributed by atoms with Gasteiger partial charge in [-0.15, -0.1) is 0 Å². The van der Waals surface area contributed by atoms with Crippen LogP contribution in [0, 0.1) is 13.8 Å². The summed E-state index contributed by atoms with van der Waals surface area (Å²) in [5.41, 5.74) is 4.91. The third-order valence-electron chi connectivity index (χ3n) is 5.81. The SMILES string of the molecule is COc1ccc2[nH]cc(C(=O)C(=O)N3CCN(c4cccc(C)c4C)CC3)c2c1. The molecule has 0 spiro atoms. The molecule has 6 nitrogen and oxygen atoms in total. The first-order valence-corrected chi connectivity index (χ1v) is 9.79. The lowest BCUT2D eigenvalue weighted by Crippen LogP contribution is -2.50. The van der Waals surface area contributed by atoms with Crippen LogP contribution in [0.1, 0.15) is 21.5 Å². The molecule has 1 amide bonds. The number of aromatic nitrogens is 1. The molecule has 1 N–H and O–H groups in total. The second-order valence-corrected chi connectivity index (χ2v) is 7.44. The Morgan fingerprint density at radius 1 is 1.03 bits per heavy atom. The number of hydrogen-bond donors (Lipinski definition) is 1. The number of hydrogen-bond acceptors (Lipinski definition) is 4. The maximum atomic E-state index is 12.9. The number of rotatable bonds is 4.